The van der Waals surface area contributed by atoms with Gasteiger partial charge in [-0.1, -0.05) is 60.7 Å². The van der Waals surface area contributed by atoms with E-state index in [2.05, 4.69) is 70.5 Å². The second-order valence-electron chi connectivity index (χ2n) is 12.9. The van der Waals surface area contributed by atoms with Gasteiger partial charge in [0.05, 0.1) is 18.8 Å². The van der Waals surface area contributed by atoms with Crippen LogP contribution in [-0.2, 0) is 6.54 Å². The summed E-state index contributed by atoms with van der Waals surface area (Å²) in [5.41, 5.74) is 3.50. The molecule has 3 aliphatic rings. The number of fused-ring (bicyclic) bond motifs is 1. The van der Waals surface area contributed by atoms with Gasteiger partial charge in [-0.05, 0) is 37.8 Å². The molecule has 6 rings (SSSR count). The van der Waals surface area contributed by atoms with Gasteiger partial charge >= 0.3 is 6.03 Å². The van der Waals surface area contributed by atoms with Crippen molar-refractivity contribution >= 4 is 6.03 Å². The molecule has 1 aliphatic carbocycles. The van der Waals surface area contributed by atoms with E-state index in [1.807, 2.05) is 32.8 Å². The van der Waals surface area contributed by atoms with E-state index < -0.39 is 0 Å². The van der Waals surface area contributed by atoms with Crippen LogP contribution in [0.4, 0.5) is 4.79 Å². The van der Waals surface area contributed by atoms with Crippen LogP contribution < -0.4 is 9.47 Å². The first-order chi connectivity index (χ1) is 21.3. The number of benzene rings is 2. The van der Waals surface area contributed by atoms with Crippen LogP contribution in [0.2, 0.25) is 0 Å². The maximum absolute atomic E-state index is 13.1. The van der Waals surface area contributed by atoms with Crippen molar-refractivity contribution in [3.63, 3.8) is 0 Å². The lowest BCUT2D eigenvalue weighted by molar-refractivity contribution is -0.0271. The number of amides is 2. The predicted octanol–water partition coefficient (Wildman–Crippen LogP) is 4.83. The highest BCUT2D eigenvalue weighted by Crippen LogP contribution is 2.42. The quantitative estimate of drug-likeness (QED) is 0.349. The minimum absolute atomic E-state index is 0.0190. The van der Waals surface area contributed by atoms with Crippen LogP contribution in [0.5, 0.6) is 11.8 Å². The van der Waals surface area contributed by atoms with Crippen molar-refractivity contribution in [2.75, 3.05) is 53.9 Å². The van der Waals surface area contributed by atoms with Crippen LogP contribution in [0, 0.1) is 0 Å². The SMILES string of the molecule is COc1nc(C2CC2)nc(OC(C)C)c1CN1CC2CN(C(=O)N(C)C)CCN2C(C(c2ccccc2)c2ccccc2)C1. The van der Waals surface area contributed by atoms with Gasteiger partial charge in [-0.3, -0.25) is 9.80 Å². The minimum atomic E-state index is -0.0190. The molecule has 0 spiro atoms. The maximum Gasteiger partial charge on any atom is 0.319 e. The lowest BCUT2D eigenvalue weighted by Crippen LogP contribution is -2.67. The van der Waals surface area contributed by atoms with Crippen molar-refractivity contribution in [1.82, 2.24) is 29.6 Å². The van der Waals surface area contributed by atoms with Crippen molar-refractivity contribution in [3.8, 4) is 11.8 Å². The molecule has 2 unspecified atom stereocenters. The summed E-state index contributed by atoms with van der Waals surface area (Å²) < 4.78 is 12.2. The number of carbonyl (C=O) groups excluding carboxylic acids is 1. The summed E-state index contributed by atoms with van der Waals surface area (Å²) in [7, 11) is 5.35. The Kier molecular flexibility index (Phi) is 9.05. The molecule has 2 saturated heterocycles. The van der Waals surface area contributed by atoms with Gasteiger partial charge in [0.25, 0.3) is 0 Å². The van der Waals surface area contributed by atoms with Gasteiger partial charge in [0, 0.05) is 77.3 Å². The summed E-state index contributed by atoms with van der Waals surface area (Å²) in [5.74, 6) is 2.61. The fraction of sp³-hybridized carbons (Fsp3) is 0.514. The Hall–Kier alpha value is -3.69. The van der Waals surface area contributed by atoms with Crippen molar-refractivity contribution in [2.24, 2.45) is 0 Å². The summed E-state index contributed by atoms with van der Waals surface area (Å²) in [6.07, 6.45) is 2.20. The van der Waals surface area contributed by atoms with Gasteiger partial charge in [0.15, 0.2) is 0 Å². The van der Waals surface area contributed by atoms with Crippen LogP contribution in [0.1, 0.15) is 61.0 Å². The van der Waals surface area contributed by atoms with Crippen molar-refractivity contribution in [2.45, 2.75) is 63.3 Å². The van der Waals surface area contributed by atoms with Crippen molar-refractivity contribution in [3.05, 3.63) is 83.2 Å². The third-order valence-electron chi connectivity index (χ3n) is 9.04. The molecular weight excluding hydrogens is 552 g/mol. The monoisotopic (exact) mass is 598 g/mol. The Morgan fingerprint density at radius 2 is 1.55 bits per heavy atom. The number of rotatable bonds is 9. The van der Waals surface area contributed by atoms with Crippen LogP contribution in [0.15, 0.2) is 60.7 Å². The first-order valence-corrected chi connectivity index (χ1v) is 16.0. The number of carbonyl (C=O) groups is 1. The number of methoxy groups -OCH3 is 1. The molecular formula is C35H46N6O3. The number of hydrogen-bond donors (Lipinski definition) is 0. The molecule has 3 aromatic rings. The third-order valence-corrected chi connectivity index (χ3v) is 9.04. The molecule has 2 amide bonds. The zero-order valence-electron chi connectivity index (χ0n) is 26.7. The predicted molar refractivity (Wildman–Crippen MR) is 171 cm³/mol. The number of nitrogens with zero attached hydrogens (tertiary/aromatic N) is 6. The summed E-state index contributed by atoms with van der Waals surface area (Å²) in [4.78, 5) is 31.7. The van der Waals surface area contributed by atoms with Gasteiger partial charge in [0.1, 0.15) is 5.82 Å². The molecule has 9 nitrogen and oxygen atoms in total. The topological polar surface area (TPSA) is 74.3 Å². The Bertz CT molecular complexity index is 1380. The van der Waals surface area contributed by atoms with E-state index in [-0.39, 0.29) is 30.1 Å². The van der Waals surface area contributed by atoms with Gasteiger partial charge < -0.3 is 19.3 Å². The van der Waals surface area contributed by atoms with E-state index in [9.17, 15) is 4.79 Å². The number of hydrogen-bond acceptors (Lipinski definition) is 7. The second kappa shape index (κ2) is 13.1. The fourth-order valence-electron chi connectivity index (χ4n) is 6.88. The summed E-state index contributed by atoms with van der Waals surface area (Å²) >= 11 is 0. The second-order valence-corrected chi connectivity index (χ2v) is 12.9. The van der Waals surface area contributed by atoms with E-state index in [1.165, 1.54) is 11.1 Å². The average molecular weight is 599 g/mol. The molecule has 234 valence electrons. The molecule has 2 aromatic carbocycles. The van der Waals surface area contributed by atoms with E-state index in [0.717, 1.165) is 50.4 Å². The minimum Gasteiger partial charge on any atom is -0.481 e. The number of aromatic nitrogens is 2. The van der Waals surface area contributed by atoms with Gasteiger partial charge in [-0.25, -0.2) is 4.79 Å². The Morgan fingerprint density at radius 1 is 0.909 bits per heavy atom. The molecule has 0 bridgehead atoms. The Labute approximate surface area is 261 Å². The van der Waals surface area contributed by atoms with Crippen molar-refractivity contribution < 1.29 is 14.3 Å². The Balaban J connectivity index is 1.38. The number of piperazine rings is 2. The number of ether oxygens (including phenoxy) is 2. The zero-order valence-corrected chi connectivity index (χ0v) is 26.7. The molecule has 2 atom stereocenters. The van der Waals surface area contributed by atoms with E-state index in [1.54, 1.807) is 12.0 Å². The zero-order chi connectivity index (χ0) is 30.8. The van der Waals surface area contributed by atoms with E-state index in [0.29, 0.717) is 30.8 Å². The molecule has 44 heavy (non-hydrogen) atoms. The van der Waals surface area contributed by atoms with Crippen LogP contribution in [-0.4, -0.2) is 108 Å². The van der Waals surface area contributed by atoms with Crippen molar-refractivity contribution in [1.29, 1.82) is 0 Å². The smallest absolute Gasteiger partial charge is 0.319 e. The van der Waals surface area contributed by atoms with E-state index >= 15 is 0 Å². The summed E-state index contributed by atoms with van der Waals surface area (Å²) in [6, 6.07) is 22.1. The highest BCUT2D eigenvalue weighted by molar-refractivity contribution is 5.74. The van der Waals surface area contributed by atoms with E-state index in [4.69, 9.17) is 19.4 Å². The molecule has 9 heteroatoms. The molecule has 3 heterocycles. The first-order valence-electron chi connectivity index (χ1n) is 16.0. The Morgan fingerprint density at radius 3 is 2.11 bits per heavy atom. The third kappa shape index (κ3) is 6.54. The van der Waals surface area contributed by atoms with Crippen LogP contribution in [0.3, 0.4) is 0 Å². The number of urea groups is 1. The van der Waals surface area contributed by atoms with Gasteiger partial charge in [-0.2, -0.15) is 9.97 Å². The molecule has 1 saturated carbocycles. The molecule has 3 fully saturated rings. The highest BCUT2D eigenvalue weighted by Gasteiger charge is 2.43. The summed E-state index contributed by atoms with van der Waals surface area (Å²) in [5, 5.41) is 0. The van der Waals surface area contributed by atoms with Crippen LogP contribution >= 0.6 is 0 Å². The molecule has 1 aromatic heterocycles. The molecule has 0 radical (unpaired) electrons. The summed E-state index contributed by atoms with van der Waals surface area (Å²) in [6.45, 7) is 8.58. The maximum atomic E-state index is 13.1. The average Bonchev–Trinajstić information content (AvgIpc) is 3.88. The molecule has 0 N–H and O–H groups in total. The fourth-order valence-corrected chi connectivity index (χ4v) is 6.88. The molecule has 2 aliphatic heterocycles. The standard InChI is InChI=1S/C35H46N6O3/c1-24(2)44-34-29(33(43-5)36-32(37-34)27-16-17-27)22-39-20-28-21-40(35(42)38(3)4)18-19-41(28)30(23-39)31(25-12-8-6-9-13-25)26-14-10-7-11-15-26/h6-15,24,27-28,30-31H,16-23H2,1-5H3. The highest BCUT2D eigenvalue weighted by atomic mass is 16.5. The lowest BCUT2D eigenvalue weighted by Gasteiger charge is -2.53. The van der Waals surface area contributed by atoms with Gasteiger partial charge in [-0.15, -0.1) is 0 Å². The largest absolute Gasteiger partial charge is 0.481 e. The first kappa shape index (κ1) is 30.3. The van der Waals surface area contributed by atoms with Gasteiger partial charge in [0.2, 0.25) is 11.8 Å². The normalized spacial score (nSPS) is 20.9. The van der Waals surface area contributed by atoms with Crippen LogP contribution in [0.25, 0.3) is 0 Å². The lowest BCUT2D eigenvalue weighted by atomic mass is 9.81.